The first-order valence-corrected chi connectivity index (χ1v) is 9.57. The molecule has 2 aromatic rings. The second kappa shape index (κ2) is 9.85. The van der Waals surface area contributed by atoms with E-state index in [1.54, 1.807) is 13.0 Å². The molecule has 0 saturated heterocycles. The van der Waals surface area contributed by atoms with Gasteiger partial charge in [-0.2, -0.15) is 5.26 Å². The van der Waals surface area contributed by atoms with E-state index in [2.05, 4.69) is 16.4 Å². The Morgan fingerprint density at radius 1 is 1.32 bits per heavy atom. The predicted octanol–water partition coefficient (Wildman–Crippen LogP) is 3.66. The minimum absolute atomic E-state index is 0.0257. The van der Waals surface area contributed by atoms with Crippen molar-refractivity contribution in [2.45, 2.75) is 25.8 Å². The summed E-state index contributed by atoms with van der Waals surface area (Å²) in [6.07, 6.45) is 0. The summed E-state index contributed by atoms with van der Waals surface area (Å²) in [6, 6.07) is 7.63. The third kappa shape index (κ3) is 5.54. The Bertz CT molecular complexity index is 941. The van der Waals surface area contributed by atoms with Gasteiger partial charge in [-0.05, 0) is 50.6 Å². The van der Waals surface area contributed by atoms with Crippen molar-refractivity contribution in [2.75, 3.05) is 24.2 Å². The number of pyridine rings is 1. The molecule has 0 aliphatic heterocycles. The zero-order chi connectivity index (χ0) is 20.7. The quantitative estimate of drug-likeness (QED) is 0.410. The molecule has 0 atom stereocenters. The van der Waals surface area contributed by atoms with Crippen molar-refractivity contribution in [2.24, 2.45) is 0 Å². The van der Waals surface area contributed by atoms with Crippen LogP contribution in [0, 0.1) is 31.0 Å². The molecule has 2 rings (SSSR count). The van der Waals surface area contributed by atoms with Gasteiger partial charge >= 0.3 is 5.97 Å². The highest BCUT2D eigenvalue weighted by molar-refractivity contribution is 8.00. The second-order valence-corrected chi connectivity index (χ2v) is 6.90. The van der Waals surface area contributed by atoms with Crippen LogP contribution in [0.3, 0.4) is 0 Å². The molecule has 0 saturated carbocycles. The lowest BCUT2D eigenvalue weighted by molar-refractivity contribution is -0.140. The van der Waals surface area contributed by atoms with E-state index in [0.717, 1.165) is 29.1 Å². The molecule has 0 aliphatic rings. The summed E-state index contributed by atoms with van der Waals surface area (Å²) in [7, 11) is 0. The van der Waals surface area contributed by atoms with Crippen LogP contribution in [0.5, 0.6) is 0 Å². The van der Waals surface area contributed by atoms with Crippen molar-refractivity contribution in [1.29, 1.82) is 5.26 Å². The zero-order valence-corrected chi connectivity index (χ0v) is 16.7. The number of anilines is 1. The number of carbonyl (C=O) groups excluding carboxylic acids is 2. The standard InChI is InChI=1S/C20H20FN3O3S/c1-4-27-19(26)10-23-17-6-5-14(21)8-15(17)18(25)11-28-20-16(9-22)12(2)7-13(3)24-20/h5-8,23H,4,10-11H2,1-3H3. The number of thioether (sulfide) groups is 1. The highest BCUT2D eigenvalue weighted by Gasteiger charge is 2.17. The van der Waals surface area contributed by atoms with E-state index in [-0.39, 0.29) is 30.3 Å². The average molecular weight is 401 g/mol. The van der Waals surface area contributed by atoms with Crippen molar-refractivity contribution >= 4 is 29.2 Å². The van der Waals surface area contributed by atoms with Crippen molar-refractivity contribution in [3.63, 3.8) is 0 Å². The number of nitriles is 1. The summed E-state index contributed by atoms with van der Waals surface area (Å²) < 4.78 is 18.5. The molecule has 1 heterocycles. The Morgan fingerprint density at radius 2 is 2.07 bits per heavy atom. The van der Waals surface area contributed by atoms with E-state index < -0.39 is 11.8 Å². The number of hydrogen-bond acceptors (Lipinski definition) is 7. The molecule has 1 aromatic heterocycles. The van der Waals surface area contributed by atoms with Crippen LogP contribution >= 0.6 is 11.8 Å². The normalized spacial score (nSPS) is 10.2. The number of carbonyl (C=O) groups is 2. The molecule has 8 heteroatoms. The molecular formula is C20H20FN3O3S. The minimum Gasteiger partial charge on any atom is -0.465 e. The topological polar surface area (TPSA) is 92.1 Å². The lowest BCUT2D eigenvalue weighted by Crippen LogP contribution is -2.18. The maximum Gasteiger partial charge on any atom is 0.325 e. The van der Waals surface area contributed by atoms with Crippen LogP contribution in [0.15, 0.2) is 29.3 Å². The lowest BCUT2D eigenvalue weighted by atomic mass is 10.1. The van der Waals surface area contributed by atoms with E-state index >= 15 is 0 Å². The van der Waals surface area contributed by atoms with Gasteiger partial charge in [-0.15, -0.1) is 0 Å². The Kier molecular flexibility index (Phi) is 7.52. The smallest absolute Gasteiger partial charge is 0.325 e. The Hall–Kier alpha value is -2.92. The summed E-state index contributed by atoms with van der Waals surface area (Å²) in [5.74, 6) is -1.40. The average Bonchev–Trinajstić information content (AvgIpc) is 2.65. The van der Waals surface area contributed by atoms with Gasteiger partial charge in [0.25, 0.3) is 0 Å². The van der Waals surface area contributed by atoms with Gasteiger partial charge in [-0.1, -0.05) is 11.8 Å². The highest BCUT2D eigenvalue weighted by atomic mass is 32.2. The Balaban J connectivity index is 2.17. The van der Waals surface area contributed by atoms with Gasteiger partial charge in [0.05, 0.1) is 17.9 Å². The van der Waals surface area contributed by atoms with Crippen LogP contribution in [0.25, 0.3) is 0 Å². The Labute approximate surface area is 167 Å². The van der Waals surface area contributed by atoms with Gasteiger partial charge in [0, 0.05) is 16.9 Å². The van der Waals surface area contributed by atoms with Crippen molar-refractivity contribution in [3.05, 3.63) is 52.5 Å². The fourth-order valence-electron chi connectivity index (χ4n) is 2.54. The van der Waals surface area contributed by atoms with E-state index in [1.165, 1.54) is 12.1 Å². The number of esters is 1. The summed E-state index contributed by atoms with van der Waals surface area (Å²) >= 11 is 1.12. The van der Waals surface area contributed by atoms with Gasteiger partial charge < -0.3 is 10.1 Å². The van der Waals surface area contributed by atoms with Crippen molar-refractivity contribution in [3.8, 4) is 6.07 Å². The summed E-state index contributed by atoms with van der Waals surface area (Å²) in [4.78, 5) is 28.5. The molecule has 0 aliphatic carbocycles. The summed E-state index contributed by atoms with van der Waals surface area (Å²) in [6.45, 7) is 5.42. The fraction of sp³-hybridized carbons (Fsp3) is 0.300. The molecule has 6 nitrogen and oxygen atoms in total. The predicted molar refractivity (Wildman–Crippen MR) is 105 cm³/mol. The van der Waals surface area contributed by atoms with E-state index in [4.69, 9.17) is 4.74 Å². The van der Waals surface area contributed by atoms with E-state index in [1.807, 2.05) is 13.8 Å². The third-order valence-electron chi connectivity index (χ3n) is 3.77. The molecule has 1 aromatic carbocycles. The summed E-state index contributed by atoms with van der Waals surface area (Å²) in [5.41, 5.74) is 2.42. The van der Waals surface area contributed by atoms with Gasteiger partial charge in [0.2, 0.25) is 0 Å². The van der Waals surface area contributed by atoms with Crippen LogP contribution in [-0.4, -0.2) is 35.6 Å². The monoisotopic (exact) mass is 401 g/mol. The molecule has 0 radical (unpaired) electrons. The fourth-order valence-corrected chi connectivity index (χ4v) is 3.52. The van der Waals surface area contributed by atoms with Gasteiger partial charge in [0.1, 0.15) is 23.5 Å². The lowest BCUT2D eigenvalue weighted by Gasteiger charge is -2.12. The maximum atomic E-state index is 13.7. The zero-order valence-electron chi connectivity index (χ0n) is 15.8. The number of ketones is 1. The van der Waals surface area contributed by atoms with Crippen LogP contribution in [0.2, 0.25) is 0 Å². The molecule has 0 fully saturated rings. The van der Waals surface area contributed by atoms with E-state index in [0.29, 0.717) is 16.3 Å². The number of hydrogen-bond donors (Lipinski definition) is 1. The molecule has 0 spiro atoms. The molecule has 146 valence electrons. The van der Waals surface area contributed by atoms with Gasteiger partial charge in [-0.3, -0.25) is 9.59 Å². The number of aromatic nitrogens is 1. The maximum absolute atomic E-state index is 13.7. The molecule has 0 amide bonds. The number of aryl methyl sites for hydroxylation is 2. The first-order chi connectivity index (χ1) is 13.3. The largest absolute Gasteiger partial charge is 0.465 e. The number of rotatable bonds is 8. The van der Waals surface area contributed by atoms with Gasteiger partial charge in [0.15, 0.2) is 5.78 Å². The van der Waals surface area contributed by atoms with Crippen LogP contribution in [-0.2, 0) is 9.53 Å². The van der Waals surface area contributed by atoms with E-state index in [9.17, 15) is 19.2 Å². The first-order valence-electron chi connectivity index (χ1n) is 8.59. The summed E-state index contributed by atoms with van der Waals surface area (Å²) in [5, 5.41) is 12.6. The molecule has 0 bridgehead atoms. The molecular weight excluding hydrogens is 381 g/mol. The van der Waals surface area contributed by atoms with Crippen molar-refractivity contribution < 1.29 is 18.7 Å². The number of halogens is 1. The third-order valence-corrected chi connectivity index (χ3v) is 4.75. The number of nitrogens with one attached hydrogen (secondary N) is 1. The Morgan fingerprint density at radius 3 is 2.75 bits per heavy atom. The number of Topliss-reactive ketones (excluding diaryl/α,β-unsaturated/α-hetero) is 1. The van der Waals surface area contributed by atoms with Crippen molar-refractivity contribution in [1.82, 2.24) is 4.98 Å². The highest BCUT2D eigenvalue weighted by Crippen LogP contribution is 2.26. The minimum atomic E-state index is -0.558. The number of nitrogens with zero attached hydrogens (tertiary/aromatic N) is 2. The van der Waals surface area contributed by atoms with Crippen LogP contribution in [0.1, 0.15) is 34.1 Å². The first kappa shape index (κ1) is 21.4. The van der Waals surface area contributed by atoms with Gasteiger partial charge in [-0.25, -0.2) is 9.37 Å². The second-order valence-electron chi connectivity index (χ2n) is 5.93. The molecule has 1 N–H and O–H groups in total. The van der Waals surface area contributed by atoms with Crippen LogP contribution in [0.4, 0.5) is 10.1 Å². The van der Waals surface area contributed by atoms with Crippen LogP contribution < -0.4 is 5.32 Å². The number of ether oxygens (including phenoxy) is 1. The SMILES string of the molecule is CCOC(=O)CNc1ccc(F)cc1C(=O)CSc1nc(C)cc(C)c1C#N. The number of benzene rings is 1. The molecule has 0 unspecified atom stereocenters. The molecule has 28 heavy (non-hydrogen) atoms.